The van der Waals surface area contributed by atoms with Gasteiger partial charge in [0.1, 0.15) is 16.5 Å². The minimum Gasteiger partial charge on any atom is -0.267 e. The summed E-state index contributed by atoms with van der Waals surface area (Å²) in [6, 6.07) is 10.7. The van der Waals surface area contributed by atoms with E-state index in [4.69, 9.17) is 0 Å². The molecule has 0 spiro atoms. The molecule has 20 heavy (non-hydrogen) atoms. The fourth-order valence-electron chi connectivity index (χ4n) is 1.88. The van der Waals surface area contributed by atoms with E-state index in [-0.39, 0.29) is 6.54 Å². The Morgan fingerprint density at radius 3 is 2.30 bits per heavy atom. The number of hydrogen-bond acceptors (Lipinski definition) is 2. The maximum Gasteiger partial charge on any atom is 0.267 e. The molecule has 106 valence electrons. The van der Waals surface area contributed by atoms with Gasteiger partial charge in [0.25, 0.3) is 10.0 Å². The number of sulfonamides is 1. The first kappa shape index (κ1) is 14.5. The van der Waals surface area contributed by atoms with Crippen LogP contribution in [-0.4, -0.2) is 15.0 Å². The Balaban J connectivity index is 2.56. The van der Waals surface area contributed by atoms with Crippen LogP contribution in [0.2, 0.25) is 0 Å². The number of hydrogen-bond donors (Lipinski definition) is 0. The van der Waals surface area contributed by atoms with Crippen LogP contribution in [0.5, 0.6) is 0 Å². The van der Waals surface area contributed by atoms with Crippen molar-refractivity contribution in [1.82, 2.24) is 0 Å². The van der Waals surface area contributed by atoms with Gasteiger partial charge in [-0.15, -0.1) is 0 Å². The highest BCUT2D eigenvalue weighted by Crippen LogP contribution is 2.25. The normalized spacial score (nSPS) is 11.3. The average Bonchev–Trinajstić information content (AvgIpc) is 2.43. The van der Waals surface area contributed by atoms with Crippen LogP contribution in [0.25, 0.3) is 0 Å². The zero-order chi connectivity index (χ0) is 14.8. The predicted octanol–water partition coefficient (Wildman–Crippen LogP) is 3.18. The minimum atomic E-state index is -4.14. The second kappa shape index (κ2) is 5.58. The number of para-hydroxylation sites is 1. The van der Waals surface area contributed by atoms with E-state index >= 15 is 0 Å². The van der Waals surface area contributed by atoms with Gasteiger partial charge in [-0.25, -0.2) is 17.2 Å². The topological polar surface area (TPSA) is 37.4 Å². The second-order valence-electron chi connectivity index (χ2n) is 4.08. The Hall–Kier alpha value is -1.95. The summed E-state index contributed by atoms with van der Waals surface area (Å²) in [5.41, 5.74) is 0.402. The molecule has 6 heteroatoms. The van der Waals surface area contributed by atoms with Gasteiger partial charge in [0.05, 0.1) is 5.69 Å². The first-order valence-electron chi connectivity index (χ1n) is 5.99. The highest BCUT2D eigenvalue weighted by atomic mass is 32.2. The molecule has 2 aromatic rings. The number of benzene rings is 2. The van der Waals surface area contributed by atoms with Crippen LogP contribution in [0.4, 0.5) is 14.5 Å². The van der Waals surface area contributed by atoms with Crippen molar-refractivity contribution in [3.05, 3.63) is 60.2 Å². The first-order valence-corrected chi connectivity index (χ1v) is 7.43. The van der Waals surface area contributed by atoms with Crippen LogP contribution in [0.15, 0.2) is 53.4 Å². The summed E-state index contributed by atoms with van der Waals surface area (Å²) in [5, 5.41) is 0. The van der Waals surface area contributed by atoms with Crippen LogP contribution in [0.3, 0.4) is 0 Å². The molecule has 2 aromatic carbocycles. The van der Waals surface area contributed by atoms with Gasteiger partial charge in [0, 0.05) is 6.54 Å². The van der Waals surface area contributed by atoms with Gasteiger partial charge in [-0.1, -0.05) is 18.2 Å². The van der Waals surface area contributed by atoms with Gasteiger partial charge < -0.3 is 0 Å². The summed E-state index contributed by atoms with van der Waals surface area (Å²) >= 11 is 0. The van der Waals surface area contributed by atoms with Crippen molar-refractivity contribution >= 4 is 15.7 Å². The van der Waals surface area contributed by atoms with Crippen LogP contribution in [0.1, 0.15) is 6.92 Å². The lowest BCUT2D eigenvalue weighted by Crippen LogP contribution is -2.31. The molecule has 0 saturated carbocycles. The largest absolute Gasteiger partial charge is 0.267 e. The lowest BCUT2D eigenvalue weighted by molar-refractivity contribution is 0.551. The lowest BCUT2D eigenvalue weighted by atomic mass is 10.3. The molecule has 0 N–H and O–H groups in total. The fourth-order valence-corrected chi connectivity index (χ4v) is 3.43. The maximum atomic E-state index is 13.7. The summed E-state index contributed by atoms with van der Waals surface area (Å²) in [4.78, 5) is -0.664. The molecule has 0 aliphatic heterocycles. The van der Waals surface area contributed by atoms with Gasteiger partial charge in [-0.05, 0) is 37.3 Å². The van der Waals surface area contributed by atoms with Crippen molar-refractivity contribution in [2.75, 3.05) is 10.8 Å². The summed E-state index contributed by atoms with van der Waals surface area (Å²) in [7, 11) is -4.14. The number of halogens is 2. The molecule has 0 heterocycles. The first-order chi connectivity index (χ1) is 9.46. The van der Waals surface area contributed by atoms with Gasteiger partial charge >= 0.3 is 0 Å². The predicted molar refractivity (Wildman–Crippen MR) is 73.0 cm³/mol. The fraction of sp³-hybridized carbons (Fsp3) is 0.143. The van der Waals surface area contributed by atoms with E-state index in [1.807, 2.05) is 0 Å². The number of anilines is 1. The van der Waals surface area contributed by atoms with Crippen molar-refractivity contribution in [2.24, 2.45) is 0 Å². The van der Waals surface area contributed by atoms with E-state index in [9.17, 15) is 17.2 Å². The smallest absolute Gasteiger partial charge is 0.267 e. The van der Waals surface area contributed by atoms with Crippen molar-refractivity contribution in [3.63, 3.8) is 0 Å². The van der Waals surface area contributed by atoms with Crippen LogP contribution in [0, 0.1) is 11.6 Å². The van der Waals surface area contributed by atoms with Gasteiger partial charge in [-0.3, -0.25) is 4.31 Å². The summed E-state index contributed by atoms with van der Waals surface area (Å²) in [5.74, 6) is -1.77. The van der Waals surface area contributed by atoms with E-state index in [1.54, 1.807) is 37.3 Å². The van der Waals surface area contributed by atoms with E-state index in [2.05, 4.69) is 0 Å². The molecule has 0 unspecified atom stereocenters. The Labute approximate surface area is 116 Å². The third kappa shape index (κ3) is 2.65. The Kier molecular flexibility index (Phi) is 4.04. The Bertz CT molecular complexity index is 702. The molecule has 2 rings (SSSR count). The average molecular weight is 297 g/mol. The van der Waals surface area contributed by atoms with Crippen molar-refractivity contribution in [1.29, 1.82) is 0 Å². The van der Waals surface area contributed by atoms with Crippen LogP contribution < -0.4 is 4.31 Å². The molecule has 0 amide bonds. The monoisotopic (exact) mass is 297 g/mol. The molecular formula is C14H13F2NO2S. The summed E-state index contributed by atoms with van der Waals surface area (Å²) < 4.78 is 52.8. The quantitative estimate of drug-likeness (QED) is 0.869. The molecule has 0 fully saturated rings. The molecule has 0 aromatic heterocycles. The molecule has 0 aliphatic rings. The van der Waals surface area contributed by atoms with E-state index < -0.39 is 26.6 Å². The van der Waals surface area contributed by atoms with Crippen LogP contribution >= 0.6 is 0 Å². The van der Waals surface area contributed by atoms with E-state index in [0.29, 0.717) is 11.8 Å². The zero-order valence-electron chi connectivity index (χ0n) is 10.8. The van der Waals surface area contributed by atoms with Crippen molar-refractivity contribution in [3.8, 4) is 0 Å². The van der Waals surface area contributed by atoms with Gasteiger partial charge in [0.2, 0.25) is 0 Å². The highest BCUT2D eigenvalue weighted by Gasteiger charge is 2.27. The zero-order valence-corrected chi connectivity index (χ0v) is 11.6. The maximum absolute atomic E-state index is 13.7. The Morgan fingerprint density at radius 2 is 1.70 bits per heavy atom. The van der Waals surface area contributed by atoms with Gasteiger partial charge in [0.15, 0.2) is 0 Å². The lowest BCUT2D eigenvalue weighted by Gasteiger charge is -2.23. The molecule has 0 aliphatic carbocycles. The highest BCUT2D eigenvalue weighted by molar-refractivity contribution is 7.92. The SMILES string of the molecule is CCN(c1ccccc1)S(=O)(=O)c1cc(F)ccc1F. The minimum absolute atomic E-state index is 0.113. The molecule has 0 bridgehead atoms. The second-order valence-corrected chi connectivity index (χ2v) is 5.91. The standard InChI is InChI=1S/C14H13F2NO2S/c1-2-17(12-6-4-3-5-7-12)20(18,19)14-10-11(15)8-9-13(14)16/h3-10H,2H2,1H3. The third-order valence-electron chi connectivity index (χ3n) is 2.79. The molecular weight excluding hydrogens is 284 g/mol. The molecule has 0 atom stereocenters. The van der Waals surface area contributed by atoms with Crippen molar-refractivity contribution < 1.29 is 17.2 Å². The van der Waals surface area contributed by atoms with Crippen LogP contribution in [-0.2, 0) is 10.0 Å². The third-order valence-corrected chi connectivity index (χ3v) is 4.71. The molecule has 0 radical (unpaired) electrons. The summed E-state index contributed by atoms with van der Waals surface area (Å²) in [6.45, 7) is 1.74. The van der Waals surface area contributed by atoms with E-state index in [1.165, 1.54) is 0 Å². The summed E-state index contributed by atoms with van der Waals surface area (Å²) in [6.07, 6.45) is 0. The van der Waals surface area contributed by atoms with E-state index in [0.717, 1.165) is 16.4 Å². The number of rotatable bonds is 4. The molecule has 3 nitrogen and oxygen atoms in total. The van der Waals surface area contributed by atoms with Crippen molar-refractivity contribution in [2.45, 2.75) is 11.8 Å². The molecule has 0 saturated heterocycles. The van der Waals surface area contributed by atoms with Gasteiger partial charge in [-0.2, -0.15) is 0 Å². The Morgan fingerprint density at radius 1 is 1.05 bits per heavy atom. The number of nitrogens with zero attached hydrogens (tertiary/aromatic N) is 1.